The zero-order valence-electron chi connectivity index (χ0n) is 9.79. The fraction of sp³-hybridized carbons (Fsp3) is 0.500. The van der Waals surface area contributed by atoms with Crippen LogP contribution in [0.3, 0.4) is 0 Å². The summed E-state index contributed by atoms with van der Waals surface area (Å²) in [7, 11) is 1.61. The van der Waals surface area contributed by atoms with Crippen LogP contribution in [-0.4, -0.2) is 20.2 Å². The molecule has 90 valence electrons. The van der Waals surface area contributed by atoms with E-state index in [0.29, 0.717) is 16.7 Å². The van der Waals surface area contributed by atoms with Crippen LogP contribution in [0, 0.1) is 5.92 Å². The van der Waals surface area contributed by atoms with Gasteiger partial charge in [0.1, 0.15) is 5.75 Å². The number of hydrogen-bond acceptors (Lipinski definition) is 3. The molecule has 0 radical (unpaired) electrons. The first-order valence-corrected chi connectivity index (χ1v) is 5.82. The molecule has 0 spiro atoms. The van der Waals surface area contributed by atoms with Gasteiger partial charge in [-0.25, -0.2) is 0 Å². The van der Waals surface area contributed by atoms with Gasteiger partial charge in [-0.2, -0.15) is 0 Å². The lowest BCUT2D eigenvalue weighted by Crippen LogP contribution is -2.15. The number of rotatable bonds is 6. The second kappa shape index (κ2) is 6.61. The molecule has 0 saturated heterocycles. The van der Waals surface area contributed by atoms with Crippen LogP contribution in [0.2, 0.25) is 5.02 Å². The molecular formula is C12H19ClN2O. The van der Waals surface area contributed by atoms with E-state index in [9.17, 15) is 0 Å². The molecule has 1 atom stereocenters. The smallest absolute Gasteiger partial charge is 0.137 e. The van der Waals surface area contributed by atoms with Gasteiger partial charge in [0.05, 0.1) is 12.1 Å². The number of nitrogens with one attached hydrogen (secondary N) is 1. The van der Waals surface area contributed by atoms with E-state index < -0.39 is 0 Å². The van der Waals surface area contributed by atoms with Crippen LogP contribution < -0.4 is 15.8 Å². The number of methoxy groups -OCH3 is 1. The van der Waals surface area contributed by atoms with E-state index in [-0.39, 0.29) is 0 Å². The maximum atomic E-state index is 6.02. The van der Waals surface area contributed by atoms with Gasteiger partial charge >= 0.3 is 0 Å². The van der Waals surface area contributed by atoms with Crippen molar-refractivity contribution in [3.63, 3.8) is 0 Å². The Morgan fingerprint density at radius 1 is 1.50 bits per heavy atom. The van der Waals surface area contributed by atoms with Crippen molar-refractivity contribution in [2.45, 2.75) is 13.3 Å². The van der Waals surface area contributed by atoms with Crippen molar-refractivity contribution >= 4 is 17.3 Å². The zero-order chi connectivity index (χ0) is 12.0. The van der Waals surface area contributed by atoms with Crippen LogP contribution in [0.15, 0.2) is 18.2 Å². The minimum absolute atomic E-state index is 0.561. The minimum atomic E-state index is 0.561. The van der Waals surface area contributed by atoms with E-state index in [1.807, 2.05) is 18.2 Å². The molecule has 0 aromatic heterocycles. The second-order valence-corrected chi connectivity index (χ2v) is 4.32. The SMILES string of the molecule is COc1ccc(NCC(C)CCN)cc1Cl. The van der Waals surface area contributed by atoms with Gasteiger partial charge in [-0.1, -0.05) is 18.5 Å². The molecule has 1 aromatic carbocycles. The Bertz CT molecular complexity index is 331. The molecule has 0 fully saturated rings. The minimum Gasteiger partial charge on any atom is -0.495 e. The monoisotopic (exact) mass is 242 g/mol. The molecule has 0 aliphatic rings. The Morgan fingerprint density at radius 3 is 2.81 bits per heavy atom. The van der Waals surface area contributed by atoms with Gasteiger partial charge in [0.15, 0.2) is 0 Å². The maximum Gasteiger partial charge on any atom is 0.137 e. The summed E-state index contributed by atoms with van der Waals surface area (Å²) < 4.78 is 5.09. The molecule has 3 N–H and O–H groups in total. The van der Waals surface area contributed by atoms with E-state index in [1.165, 1.54) is 0 Å². The average Bonchev–Trinajstić information content (AvgIpc) is 2.27. The van der Waals surface area contributed by atoms with Crippen molar-refractivity contribution in [1.82, 2.24) is 0 Å². The summed E-state index contributed by atoms with van der Waals surface area (Å²) in [6.45, 7) is 3.80. The highest BCUT2D eigenvalue weighted by molar-refractivity contribution is 6.32. The molecule has 0 heterocycles. The number of anilines is 1. The van der Waals surface area contributed by atoms with Gasteiger partial charge < -0.3 is 15.8 Å². The van der Waals surface area contributed by atoms with Gasteiger partial charge in [-0.05, 0) is 37.1 Å². The third kappa shape index (κ3) is 3.91. The number of halogens is 1. The van der Waals surface area contributed by atoms with E-state index in [2.05, 4.69) is 12.2 Å². The quantitative estimate of drug-likeness (QED) is 0.807. The predicted octanol–water partition coefficient (Wildman–Crippen LogP) is 2.75. The van der Waals surface area contributed by atoms with Crippen molar-refractivity contribution in [3.8, 4) is 5.75 Å². The van der Waals surface area contributed by atoms with Gasteiger partial charge in [-0.15, -0.1) is 0 Å². The Balaban J connectivity index is 2.51. The lowest BCUT2D eigenvalue weighted by molar-refractivity contribution is 0.415. The summed E-state index contributed by atoms with van der Waals surface area (Å²) >= 11 is 6.02. The largest absolute Gasteiger partial charge is 0.495 e. The second-order valence-electron chi connectivity index (χ2n) is 3.91. The van der Waals surface area contributed by atoms with Crippen LogP contribution in [0.25, 0.3) is 0 Å². The number of benzene rings is 1. The van der Waals surface area contributed by atoms with Crippen molar-refractivity contribution in [2.75, 3.05) is 25.5 Å². The van der Waals surface area contributed by atoms with E-state index in [1.54, 1.807) is 7.11 Å². The molecule has 16 heavy (non-hydrogen) atoms. The molecule has 1 unspecified atom stereocenters. The molecule has 3 nitrogen and oxygen atoms in total. The van der Waals surface area contributed by atoms with E-state index in [0.717, 1.165) is 25.2 Å². The van der Waals surface area contributed by atoms with Crippen LogP contribution >= 0.6 is 11.6 Å². The third-order valence-corrected chi connectivity index (χ3v) is 2.76. The number of nitrogens with two attached hydrogens (primary N) is 1. The number of hydrogen-bond donors (Lipinski definition) is 2. The van der Waals surface area contributed by atoms with Crippen LogP contribution in [0.5, 0.6) is 5.75 Å². The highest BCUT2D eigenvalue weighted by Crippen LogP contribution is 2.27. The summed E-state index contributed by atoms with van der Waals surface area (Å²) in [5.41, 5.74) is 6.50. The molecule has 0 bridgehead atoms. The molecule has 4 heteroatoms. The number of ether oxygens (including phenoxy) is 1. The van der Waals surface area contributed by atoms with Gasteiger partial charge in [0.2, 0.25) is 0 Å². The van der Waals surface area contributed by atoms with Crippen molar-refractivity contribution in [3.05, 3.63) is 23.2 Å². The lowest BCUT2D eigenvalue weighted by Gasteiger charge is -2.13. The standard InChI is InChI=1S/C12H19ClN2O/c1-9(5-6-14)8-15-10-3-4-12(16-2)11(13)7-10/h3-4,7,9,15H,5-6,8,14H2,1-2H3. The van der Waals surface area contributed by atoms with Gasteiger partial charge in [0.25, 0.3) is 0 Å². The molecular weight excluding hydrogens is 224 g/mol. The highest BCUT2D eigenvalue weighted by atomic mass is 35.5. The fourth-order valence-electron chi connectivity index (χ4n) is 1.46. The molecule has 0 aliphatic carbocycles. The Morgan fingerprint density at radius 2 is 2.25 bits per heavy atom. The first kappa shape index (κ1) is 13.1. The van der Waals surface area contributed by atoms with Crippen molar-refractivity contribution in [1.29, 1.82) is 0 Å². The van der Waals surface area contributed by atoms with Crippen molar-refractivity contribution < 1.29 is 4.74 Å². The van der Waals surface area contributed by atoms with Crippen LogP contribution in [0.4, 0.5) is 5.69 Å². The summed E-state index contributed by atoms with van der Waals surface area (Å²) in [5.74, 6) is 1.26. The summed E-state index contributed by atoms with van der Waals surface area (Å²) in [6.07, 6.45) is 1.02. The predicted molar refractivity (Wildman–Crippen MR) is 69.3 cm³/mol. The summed E-state index contributed by atoms with van der Waals surface area (Å²) in [4.78, 5) is 0. The average molecular weight is 243 g/mol. The zero-order valence-corrected chi connectivity index (χ0v) is 10.6. The highest BCUT2D eigenvalue weighted by Gasteiger charge is 2.03. The van der Waals surface area contributed by atoms with E-state index >= 15 is 0 Å². The molecule has 0 amide bonds. The fourth-order valence-corrected chi connectivity index (χ4v) is 1.71. The molecule has 0 saturated carbocycles. The lowest BCUT2D eigenvalue weighted by atomic mass is 10.1. The van der Waals surface area contributed by atoms with Crippen LogP contribution in [0.1, 0.15) is 13.3 Å². The Kier molecular flexibility index (Phi) is 5.43. The first-order valence-electron chi connectivity index (χ1n) is 5.45. The van der Waals surface area contributed by atoms with Crippen molar-refractivity contribution in [2.24, 2.45) is 11.7 Å². The molecule has 0 aliphatic heterocycles. The maximum absolute atomic E-state index is 6.02. The summed E-state index contributed by atoms with van der Waals surface area (Å²) in [5, 5.41) is 3.95. The third-order valence-electron chi connectivity index (χ3n) is 2.47. The van der Waals surface area contributed by atoms with E-state index in [4.69, 9.17) is 22.1 Å². The summed E-state index contributed by atoms with van der Waals surface area (Å²) in [6, 6.07) is 5.69. The van der Waals surface area contributed by atoms with Gasteiger partial charge in [-0.3, -0.25) is 0 Å². The van der Waals surface area contributed by atoms with Gasteiger partial charge in [0, 0.05) is 12.2 Å². The topological polar surface area (TPSA) is 47.3 Å². The molecule has 1 rings (SSSR count). The van der Waals surface area contributed by atoms with Crippen LogP contribution in [-0.2, 0) is 0 Å². The molecule has 1 aromatic rings. The Labute approximate surface area is 102 Å². The Hall–Kier alpha value is -0.930. The first-order chi connectivity index (χ1) is 7.67. The normalized spacial score (nSPS) is 12.2.